The molecule has 0 atom stereocenters. The number of nitrogens with one attached hydrogen (secondary N) is 1. The van der Waals surface area contributed by atoms with E-state index in [-0.39, 0.29) is 11.6 Å². The number of rotatable bonds is 6. The van der Waals surface area contributed by atoms with Gasteiger partial charge in [-0.15, -0.1) is 0 Å². The minimum absolute atomic E-state index is 0.190. The first-order valence-corrected chi connectivity index (χ1v) is 6.54. The second kappa shape index (κ2) is 6.91. The lowest BCUT2D eigenvalue weighted by atomic mass is 10.2. The van der Waals surface area contributed by atoms with Crippen molar-refractivity contribution >= 4 is 0 Å². The highest BCUT2D eigenvalue weighted by atomic mass is 19.1. The van der Waals surface area contributed by atoms with Gasteiger partial charge in [0.25, 0.3) is 0 Å². The van der Waals surface area contributed by atoms with Crippen molar-refractivity contribution in [2.45, 2.75) is 13.5 Å². The molecule has 0 amide bonds. The third kappa shape index (κ3) is 3.48. The van der Waals surface area contributed by atoms with Gasteiger partial charge in [0.15, 0.2) is 23.1 Å². The number of benzene rings is 2. The Morgan fingerprint density at radius 2 is 1.80 bits per heavy atom. The molecular weight excluding hydrogens is 257 g/mol. The molecule has 0 aliphatic carbocycles. The summed E-state index contributed by atoms with van der Waals surface area (Å²) in [6, 6.07) is 12.1. The zero-order chi connectivity index (χ0) is 14.4. The zero-order valence-corrected chi connectivity index (χ0v) is 11.7. The fraction of sp³-hybridized carbons (Fsp3) is 0.250. The maximum absolute atomic E-state index is 14.0. The average Bonchev–Trinajstić information content (AvgIpc) is 2.48. The lowest BCUT2D eigenvalue weighted by molar-refractivity contribution is 0.371. The van der Waals surface area contributed by atoms with Crippen molar-refractivity contribution in [3.63, 3.8) is 0 Å². The van der Waals surface area contributed by atoms with Crippen molar-refractivity contribution in [1.29, 1.82) is 0 Å². The van der Waals surface area contributed by atoms with E-state index < -0.39 is 0 Å². The maximum atomic E-state index is 14.0. The monoisotopic (exact) mass is 275 g/mol. The first-order valence-electron chi connectivity index (χ1n) is 6.54. The predicted molar refractivity (Wildman–Crippen MR) is 76.8 cm³/mol. The number of ether oxygens (including phenoxy) is 2. The van der Waals surface area contributed by atoms with E-state index in [1.165, 1.54) is 6.07 Å². The van der Waals surface area contributed by atoms with Crippen LogP contribution in [0.2, 0.25) is 0 Å². The molecule has 0 aliphatic rings. The van der Waals surface area contributed by atoms with Gasteiger partial charge < -0.3 is 14.8 Å². The Kier molecular flexibility index (Phi) is 4.96. The second-order valence-electron chi connectivity index (χ2n) is 4.30. The summed E-state index contributed by atoms with van der Waals surface area (Å²) >= 11 is 0. The molecular formula is C16H18FNO2. The third-order valence-electron chi connectivity index (χ3n) is 2.86. The van der Waals surface area contributed by atoms with E-state index in [0.717, 1.165) is 12.1 Å². The Morgan fingerprint density at radius 3 is 2.45 bits per heavy atom. The van der Waals surface area contributed by atoms with Crippen molar-refractivity contribution in [3.8, 4) is 17.2 Å². The van der Waals surface area contributed by atoms with Crippen molar-refractivity contribution in [2.24, 2.45) is 0 Å². The third-order valence-corrected chi connectivity index (χ3v) is 2.86. The van der Waals surface area contributed by atoms with E-state index in [2.05, 4.69) is 5.32 Å². The predicted octanol–water partition coefficient (Wildman–Crippen LogP) is 3.74. The second-order valence-corrected chi connectivity index (χ2v) is 4.30. The highest BCUT2D eigenvalue weighted by Gasteiger charge is 2.09. The van der Waals surface area contributed by atoms with Crippen LogP contribution in [0.5, 0.6) is 17.2 Å². The molecule has 0 bridgehead atoms. The first-order chi connectivity index (χ1) is 9.74. The van der Waals surface area contributed by atoms with Crippen LogP contribution in [0.4, 0.5) is 4.39 Å². The fourth-order valence-electron chi connectivity index (χ4n) is 1.83. The van der Waals surface area contributed by atoms with Crippen molar-refractivity contribution < 1.29 is 13.9 Å². The van der Waals surface area contributed by atoms with Gasteiger partial charge in [0.2, 0.25) is 0 Å². The van der Waals surface area contributed by atoms with Crippen LogP contribution in [-0.4, -0.2) is 13.7 Å². The van der Waals surface area contributed by atoms with E-state index in [1.807, 2.05) is 25.1 Å². The van der Waals surface area contributed by atoms with Gasteiger partial charge in [-0.1, -0.05) is 25.1 Å². The zero-order valence-electron chi connectivity index (χ0n) is 11.7. The van der Waals surface area contributed by atoms with Gasteiger partial charge in [-0.05, 0) is 36.4 Å². The minimum Gasteiger partial charge on any atom is -0.493 e. The molecule has 0 spiro atoms. The fourth-order valence-corrected chi connectivity index (χ4v) is 1.83. The van der Waals surface area contributed by atoms with Gasteiger partial charge >= 0.3 is 0 Å². The Bertz CT molecular complexity index is 572. The molecule has 0 unspecified atom stereocenters. The molecule has 3 nitrogen and oxygen atoms in total. The van der Waals surface area contributed by atoms with Crippen molar-refractivity contribution in [1.82, 2.24) is 5.32 Å². The van der Waals surface area contributed by atoms with Gasteiger partial charge in [-0.2, -0.15) is 0 Å². The summed E-state index contributed by atoms with van der Waals surface area (Å²) in [5.41, 5.74) is 0.886. The highest BCUT2D eigenvalue weighted by molar-refractivity contribution is 5.43. The Labute approximate surface area is 118 Å². The lowest BCUT2D eigenvalue weighted by Gasteiger charge is -2.11. The molecule has 20 heavy (non-hydrogen) atoms. The Morgan fingerprint density at radius 1 is 1.05 bits per heavy atom. The molecule has 106 valence electrons. The van der Waals surface area contributed by atoms with Gasteiger partial charge in [-0.25, -0.2) is 4.39 Å². The molecule has 1 N–H and O–H groups in total. The summed E-state index contributed by atoms with van der Waals surface area (Å²) in [5, 5.41) is 3.15. The number of hydrogen-bond donors (Lipinski definition) is 1. The van der Waals surface area contributed by atoms with Crippen LogP contribution in [0.15, 0.2) is 42.5 Å². The number of halogens is 1. The SMILES string of the molecule is CCNCc1ccc(Oc2ccccc2OC)c(F)c1. The van der Waals surface area contributed by atoms with Gasteiger partial charge in [0.1, 0.15) is 0 Å². The number of para-hydroxylation sites is 2. The van der Waals surface area contributed by atoms with E-state index in [4.69, 9.17) is 9.47 Å². The van der Waals surface area contributed by atoms with E-state index in [0.29, 0.717) is 18.0 Å². The molecule has 0 saturated heterocycles. The molecule has 0 fully saturated rings. The van der Waals surface area contributed by atoms with Crippen molar-refractivity contribution in [3.05, 3.63) is 53.8 Å². The summed E-state index contributed by atoms with van der Waals surface area (Å²) < 4.78 is 24.8. The van der Waals surface area contributed by atoms with Crippen LogP contribution in [0.1, 0.15) is 12.5 Å². The molecule has 0 radical (unpaired) electrons. The van der Waals surface area contributed by atoms with Crippen LogP contribution in [0.25, 0.3) is 0 Å². The maximum Gasteiger partial charge on any atom is 0.169 e. The first kappa shape index (κ1) is 14.3. The number of methoxy groups -OCH3 is 1. The summed E-state index contributed by atoms with van der Waals surface area (Å²) in [6.07, 6.45) is 0. The molecule has 2 aromatic carbocycles. The van der Waals surface area contributed by atoms with Gasteiger partial charge in [-0.3, -0.25) is 0 Å². The van der Waals surface area contributed by atoms with E-state index in [1.54, 1.807) is 25.3 Å². The summed E-state index contributed by atoms with van der Waals surface area (Å²) in [5.74, 6) is 0.873. The Hall–Kier alpha value is -2.07. The molecule has 0 aliphatic heterocycles. The molecule has 2 aromatic rings. The Balaban J connectivity index is 2.17. The summed E-state index contributed by atoms with van der Waals surface area (Å²) in [7, 11) is 1.55. The minimum atomic E-state index is -0.383. The molecule has 4 heteroatoms. The van der Waals surface area contributed by atoms with E-state index in [9.17, 15) is 4.39 Å². The van der Waals surface area contributed by atoms with Crippen LogP contribution < -0.4 is 14.8 Å². The van der Waals surface area contributed by atoms with Crippen molar-refractivity contribution in [2.75, 3.05) is 13.7 Å². The smallest absolute Gasteiger partial charge is 0.169 e. The van der Waals surface area contributed by atoms with Crippen LogP contribution in [0.3, 0.4) is 0 Å². The molecule has 0 heterocycles. The molecule has 0 saturated carbocycles. The quantitative estimate of drug-likeness (QED) is 0.871. The van der Waals surface area contributed by atoms with Crippen LogP contribution in [-0.2, 0) is 6.54 Å². The topological polar surface area (TPSA) is 30.5 Å². The summed E-state index contributed by atoms with van der Waals surface area (Å²) in [6.45, 7) is 3.50. The highest BCUT2D eigenvalue weighted by Crippen LogP contribution is 2.32. The van der Waals surface area contributed by atoms with Crippen LogP contribution >= 0.6 is 0 Å². The molecule has 0 aromatic heterocycles. The lowest BCUT2D eigenvalue weighted by Crippen LogP contribution is -2.11. The largest absolute Gasteiger partial charge is 0.493 e. The average molecular weight is 275 g/mol. The van der Waals surface area contributed by atoms with Gasteiger partial charge in [0, 0.05) is 6.54 Å². The number of hydrogen-bond acceptors (Lipinski definition) is 3. The standard InChI is InChI=1S/C16H18FNO2/c1-3-18-11-12-8-9-14(13(17)10-12)20-16-7-5-4-6-15(16)19-2/h4-10,18H,3,11H2,1-2H3. The normalized spacial score (nSPS) is 10.3. The van der Waals surface area contributed by atoms with Crippen LogP contribution in [0, 0.1) is 5.82 Å². The molecule has 2 rings (SSSR count). The summed E-state index contributed by atoms with van der Waals surface area (Å²) in [4.78, 5) is 0. The van der Waals surface area contributed by atoms with Gasteiger partial charge in [0.05, 0.1) is 7.11 Å². The van der Waals surface area contributed by atoms with E-state index >= 15 is 0 Å².